The monoisotopic (exact) mass is 302 g/mol. The van der Waals surface area contributed by atoms with Gasteiger partial charge in [0.1, 0.15) is 5.75 Å². The number of thiophene rings is 1. The first-order valence-electron chi connectivity index (χ1n) is 7.59. The predicted molar refractivity (Wildman–Crippen MR) is 88.2 cm³/mol. The molecule has 0 unspecified atom stereocenters. The molecule has 1 fully saturated rings. The van der Waals surface area contributed by atoms with Crippen molar-refractivity contribution in [2.45, 2.75) is 13.0 Å². The van der Waals surface area contributed by atoms with E-state index in [1.165, 1.54) is 10.4 Å². The number of benzene rings is 1. The minimum absolute atomic E-state index is 0.340. The van der Waals surface area contributed by atoms with Gasteiger partial charge in [-0.3, -0.25) is 4.90 Å². The molecule has 1 aliphatic rings. The zero-order chi connectivity index (χ0) is 14.5. The van der Waals surface area contributed by atoms with Gasteiger partial charge in [0.15, 0.2) is 0 Å². The molecule has 1 aromatic carbocycles. The highest BCUT2D eigenvalue weighted by molar-refractivity contribution is 7.10. The van der Waals surface area contributed by atoms with E-state index in [0.717, 1.165) is 31.9 Å². The van der Waals surface area contributed by atoms with Gasteiger partial charge in [-0.05, 0) is 36.1 Å². The van der Waals surface area contributed by atoms with Gasteiger partial charge >= 0.3 is 0 Å². The lowest BCUT2D eigenvalue weighted by molar-refractivity contribution is 0.200. The quantitative estimate of drug-likeness (QED) is 0.918. The van der Waals surface area contributed by atoms with E-state index in [2.05, 4.69) is 45.9 Å². The van der Waals surface area contributed by atoms with Crippen LogP contribution in [0.25, 0.3) is 0 Å². The van der Waals surface area contributed by atoms with E-state index in [0.29, 0.717) is 12.6 Å². The van der Waals surface area contributed by atoms with Crippen molar-refractivity contribution in [1.82, 2.24) is 10.2 Å². The van der Waals surface area contributed by atoms with Gasteiger partial charge in [0.25, 0.3) is 0 Å². The van der Waals surface area contributed by atoms with Crippen LogP contribution in [0, 0.1) is 0 Å². The molecule has 1 aliphatic heterocycles. The standard InChI is InChI=1S/C17H22N2OS/c1-2-20-15-6-3-5-14(13-15)17(16-7-4-12-21-16)19-10-8-18-9-11-19/h3-7,12-13,17-18H,2,8-11H2,1H3/t17-/m0/s1. The molecule has 3 nitrogen and oxygen atoms in total. The molecular formula is C17H22N2OS. The summed E-state index contributed by atoms with van der Waals surface area (Å²) >= 11 is 1.84. The van der Waals surface area contributed by atoms with Gasteiger partial charge in [-0.25, -0.2) is 0 Å². The second-order valence-corrected chi connectivity index (χ2v) is 6.19. The lowest BCUT2D eigenvalue weighted by Crippen LogP contribution is -2.45. The summed E-state index contributed by atoms with van der Waals surface area (Å²) in [5.74, 6) is 0.965. The number of rotatable bonds is 5. The third-order valence-corrected chi connectivity index (χ3v) is 4.74. The fourth-order valence-electron chi connectivity index (χ4n) is 2.88. The Morgan fingerprint density at radius 2 is 2.10 bits per heavy atom. The first kappa shape index (κ1) is 14.6. The van der Waals surface area contributed by atoms with Crippen molar-refractivity contribution in [2.75, 3.05) is 32.8 Å². The first-order chi connectivity index (χ1) is 10.4. The summed E-state index contributed by atoms with van der Waals surface area (Å²) in [4.78, 5) is 3.97. The number of hydrogen-bond donors (Lipinski definition) is 1. The van der Waals surface area contributed by atoms with Crippen molar-refractivity contribution in [3.8, 4) is 5.75 Å². The number of ether oxygens (including phenoxy) is 1. The predicted octanol–water partition coefficient (Wildman–Crippen LogP) is 3.14. The molecule has 3 rings (SSSR count). The third-order valence-electron chi connectivity index (χ3n) is 3.81. The molecule has 0 amide bonds. The second kappa shape index (κ2) is 7.07. The summed E-state index contributed by atoms with van der Waals surface area (Å²) in [6, 6.07) is 13.3. The fraction of sp³-hybridized carbons (Fsp3) is 0.412. The zero-order valence-electron chi connectivity index (χ0n) is 12.4. The van der Waals surface area contributed by atoms with Crippen molar-refractivity contribution < 1.29 is 4.74 Å². The Balaban J connectivity index is 1.92. The first-order valence-corrected chi connectivity index (χ1v) is 8.47. The van der Waals surface area contributed by atoms with Crippen molar-refractivity contribution in [2.24, 2.45) is 0 Å². The maximum absolute atomic E-state index is 5.67. The maximum Gasteiger partial charge on any atom is 0.119 e. The number of hydrogen-bond acceptors (Lipinski definition) is 4. The Morgan fingerprint density at radius 1 is 1.24 bits per heavy atom. The minimum Gasteiger partial charge on any atom is -0.494 e. The Labute approximate surface area is 130 Å². The van der Waals surface area contributed by atoms with Gasteiger partial charge < -0.3 is 10.1 Å². The average Bonchev–Trinajstić information content (AvgIpc) is 3.03. The van der Waals surface area contributed by atoms with Gasteiger partial charge in [-0.1, -0.05) is 18.2 Å². The molecule has 1 saturated heterocycles. The van der Waals surface area contributed by atoms with Crippen LogP contribution in [-0.2, 0) is 0 Å². The lowest BCUT2D eigenvalue weighted by atomic mass is 10.0. The van der Waals surface area contributed by atoms with Crippen LogP contribution in [-0.4, -0.2) is 37.7 Å². The molecule has 2 aromatic rings. The normalized spacial score (nSPS) is 17.6. The van der Waals surface area contributed by atoms with E-state index in [4.69, 9.17) is 4.74 Å². The number of nitrogens with one attached hydrogen (secondary N) is 1. The lowest BCUT2D eigenvalue weighted by Gasteiger charge is -2.34. The van der Waals surface area contributed by atoms with Crippen LogP contribution in [0.4, 0.5) is 0 Å². The SMILES string of the molecule is CCOc1cccc([C@@H](c2cccs2)N2CCNCC2)c1. The highest BCUT2D eigenvalue weighted by Crippen LogP contribution is 2.33. The number of nitrogens with zero attached hydrogens (tertiary/aromatic N) is 1. The summed E-state index contributed by atoms with van der Waals surface area (Å²) in [6.07, 6.45) is 0. The highest BCUT2D eigenvalue weighted by Gasteiger charge is 2.24. The number of piperazine rings is 1. The molecule has 1 N–H and O–H groups in total. The van der Waals surface area contributed by atoms with Gasteiger partial charge in [-0.15, -0.1) is 11.3 Å². The Hall–Kier alpha value is -1.36. The molecule has 0 radical (unpaired) electrons. The molecule has 0 saturated carbocycles. The van der Waals surface area contributed by atoms with Crippen LogP contribution in [0.3, 0.4) is 0 Å². The second-order valence-electron chi connectivity index (χ2n) is 5.21. The Morgan fingerprint density at radius 3 is 2.81 bits per heavy atom. The Kier molecular flexibility index (Phi) is 4.91. The maximum atomic E-state index is 5.67. The van der Waals surface area contributed by atoms with Crippen LogP contribution in [0.2, 0.25) is 0 Å². The van der Waals surface area contributed by atoms with Crippen molar-refractivity contribution in [1.29, 1.82) is 0 Å². The third kappa shape index (κ3) is 3.46. The van der Waals surface area contributed by atoms with E-state index in [9.17, 15) is 0 Å². The van der Waals surface area contributed by atoms with Crippen LogP contribution >= 0.6 is 11.3 Å². The van der Waals surface area contributed by atoms with Gasteiger partial charge in [0, 0.05) is 31.1 Å². The zero-order valence-corrected chi connectivity index (χ0v) is 13.2. The molecule has 4 heteroatoms. The van der Waals surface area contributed by atoms with E-state index in [1.807, 2.05) is 24.3 Å². The molecule has 0 aliphatic carbocycles. The minimum atomic E-state index is 0.340. The van der Waals surface area contributed by atoms with Gasteiger partial charge in [0.2, 0.25) is 0 Å². The largest absolute Gasteiger partial charge is 0.494 e. The Bertz CT molecular complexity index is 550. The molecule has 0 bridgehead atoms. The summed E-state index contributed by atoms with van der Waals surface area (Å²) < 4.78 is 5.67. The smallest absolute Gasteiger partial charge is 0.119 e. The summed E-state index contributed by atoms with van der Waals surface area (Å²) in [6.45, 7) is 7.03. The van der Waals surface area contributed by atoms with Crippen LogP contribution in [0.5, 0.6) is 5.75 Å². The molecule has 0 spiro atoms. The molecule has 1 atom stereocenters. The van der Waals surface area contributed by atoms with Crippen molar-refractivity contribution in [3.63, 3.8) is 0 Å². The summed E-state index contributed by atoms with van der Waals surface area (Å²) in [7, 11) is 0. The van der Waals surface area contributed by atoms with Crippen LogP contribution in [0.15, 0.2) is 41.8 Å². The molecule has 112 valence electrons. The van der Waals surface area contributed by atoms with E-state index in [-0.39, 0.29) is 0 Å². The van der Waals surface area contributed by atoms with Gasteiger partial charge in [-0.2, -0.15) is 0 Å². The van der Waals surface area contributed by atoms with Crippen molar-refractivity contribution >= 4 is 11.3 Å². The molecule has 21 heavy (non-hydrogen) atoms. The van der Waals surface area contributed by atoms with Gasteiger partial charge in [0.05, 0.1) is 12.6 Å². The molecule has 1 aromatic heterocycles. The topological polar surface area (TPSA) is 24.5 Å². The van der Waals surface area contributed by atoms with E-state index >= 15 is 0 Å². The van der Waals surface area contributed by atoms with E-state index in [1.54, 1.807) is 0 Å². The van der Waals surface area contributed by atoms with Crippen LogP contribution in [0.1, 0.15) is 23.4 Å². The van der Waals surface area contributed by atoms with E-state index < -0.39 is 0 Å². The highest BCUT2D eigenvalue weighted by atomic mass is 32.1. The molecule has 2 heterocycles. The summed E-state index contributed by atoms with van der Waals surface area (Å²) in [5, 5.41) is 5.60. The molecular weight excluding hydrogens is 280 g/mol. The van der Waals surface area contributed by atoms with Crippen LogP contribution < -0.4 is 10.1 Å². The average molecular weight is 302 g/mol. The van der Waals surface area contributed by atoms with Crippen molar-refractivity contribution in [3.05, 3.63) is 52.2 Å². The fourth-order valence-corrected chi connectivity index (χ4v) is 3.77. The summed E-state index contributed by atoms with van der Waals surface area (Å²) in [5.41, 5.74) is 1.32.